The van der Waals surface area contributed by atoms with E-state index < -0.39 is 0 Å². The van der Waals surface area contributed by atoms with Gasteiger partial charge in [-0.2, -0.15) is 0 Å². The van der Waals surface area contributed by atoms with Gasteiger partial charge in [0, 0.05) is 24.9 Å². The molecule has 118 valence electrons. The second-order valence-corrected chi connectivity index (χ2v) is 5.39. The van der Waals surface area contributed by atoms with Gasteiger partial charge >= 0.3 is 6.03 Å². The van der Waals surface area contributed by atoms with Crippen molar-refractivity contribution in [2.24, 2.45) is 5.92 Å². The van der Waals surface area contributed by atoms with Gasteiger partial charge in [0.05, 0.1) is 5.69 Å². The average molecular weight is 302 g/mol. The van der Waals surface area contributed by atoms with Crippen LogP contribution in [-0.2, 0) is 0 Å². The van der Waals surface area contributed by atoms with E-state index in [1.54, 1.807) is 4.68 Å². The zero-order chi connectivity index (χ0) is 15.9. The average Bonchev–Trinajstić information content (AvgIpc) is 2.87. The van der Waals surface area contributed by atoms with Crippen LogP contribution in [0.4, 0.5) is 10.6 Å². The van der Waals surface area contributed by atoms with E-state index in [1.807, 2.05) is 50.4 Å². The minimum atomic E-state index is -0.286. The van der Waals surface area contributed by atoms with Crippen LogP contribution >= 0.6 is 0 Å². The molecule has 6 nitrogen and oxygen atoms in total. The Morgan fingerprint density at radius 2 is 2.09 bits per heavy atom. The Balaban J connectivity index is 1.96. The molecule has 1 atom stereocenters. The number of carbonyl (C=O) groups is 1. The Morgan fingerprint density at radius 1 is 1.36 bits per heavy atom. The van der Waals surface area contributed by atoms with Gasteiger partial charge in [0.25, 0.3) is 0 Å². The second-order valence-electron chi connectivity index (χ2n) is 5.39. The summed E-state index contributed by atoms with van der Waals surface area (Å²) in [6, 6.07) is 9.44. The summed E-state index contributed by atoms with van der Waals surface area (Å²) in [6.45, 7) is 4.53. The van der Waals surface area contributed by atoms with Crippen LogP contribution in [0, 0.1) is 12.8 Å². The Hall–Kier alpha value is -2.34. The molecule has 0 aliphatic rings. The molecule has 0 spiro atoms. The van der Waals surface area contributed by atoms with Gasteiger partial charge < -0.3 is 10.4 Å². The van der Waals surface area contributed by atoms with Gasteiger partial charge in [-0.1, -0.05) is 25.1 Å². The van der Waals surface area contributed by atoms with Crippen molar-refractivity contribution in [3.8, 4) is 5.69 Å². The number of hydrogen-bond donors (Lipinski definition) is 3. The number of hydrogen-bond acceptors (Lipinski definition) is 3. The van der Waals surface area contributed by atoms with Gasteiger partial charge in [-0.3, -0.25) is 5.32 Å². The largest absolute Gasteiger partial charge is 0.396 e. The number of nitrogens with one attached hydrogen (secondary N) is 2. The number of rotatable bonds is 6. The lowest BCUT2D eigenvalue weighted by molar-refractivity contribution is 0.243. The van der Waals surface area contributed by atoms with Crippen molar-refractivity contribution >= 4 is 11.8 Å². The van der Waals surface area contributed by atoms with Gasteiger partial charge in [-0.15, -0.1) is 5.10 Å². The number of benzene rings is 1. The number of para-hydroxylation sites is 1. The molecule has 2 aromatic rings. The number of aryl methyl sites for hydroxylation is 1. The molecular formula is C16H22N4O2. The van der Waals surface area contributed by atoms with Crippen molar-refractivity contribution in [3.63, 3.8) is 0 Å². The Kier molecular flexibility index (Phi) is 5.55. The number of aromatic nitrogens is 2. The molecular weight excluding hydrogens is 280 g/mol. The molecule has 2 rings (SSSR count). The first-order valence-corrected chi connectivity index (χ1v) is 7.37. The van der Waals surface area contributed by atoms with Crippen molar-refractivity contribution in [2.75, 3.05) is 18.5 Å². The maximum Gasteiger partial charge on any atom is 0.320 e. The lowest BCUT2D eigenvalue weighted by atomic mass is 10.1. The van der Waals surface area contributed by atoms with Gasteiger partial charge in [0.2, 0.25) is 0 Å². The van der Waals surface area contributed by atoms with Crippen LogP contribution in [0.25, 0.3) is 5.69 Å². The fourth-order valence-electron chi connectivity index (χ4n) is 2.04. The van der Waals surface area contributed by atoms with Crippen molar-refractivity contribution in [2.45, 2.75) is 20.3 Å². The van der Waals surface area contributed by atoms with E-state index in [1.165, 1.54) is 0 Å². The first-order chi connectivity index (χ1) is 10.6. The first-order valence-electron chi connectivity index (χ1n) is 7.37. The van der Waals surface area contributed by atoms with E-state index in [0.717, 1.165) is 11.3 Å². The Bertz CT molecular complexity index is 610. The molecule has 2 amide bonds. The number of amides is 2. The highest BCUT2D eigenvalue weighted by Gasteiger charge is 2.10. The molecule has 0 saturated heterocycles. The summed E-state index contributed by atoms with van der Waals surface area (Å²) in [6.07, 6.45) is 2.54. The third-order valence-electron chi connectivity index (χ3n) is 3.38. The quantitative estimate of drug-likeness (QED) is 0.766. The monoisotopic (exact) mass is 302 g/mol. The maximum atomic E-state index is 11.9. The van der Waals surface area contributed by atoms with E-state index in [2.05, 4.69) is 15.7 Å². The molecule has 1 unspecified atom stereocenters. The minimum absolute atomic E-state index is 0.130. The van der Waals surface area contributed by atoms with E-state index in [9.17, 15) is 4.79 Å². The summed E-state index contributed by atoms with van der Waals surface area (Å²) in [5.74, 6) is 0.773. The second kappa shape index (κ2) is 7.61. The predicted octanol–water partition coefficient (Wildman–Crippen LogP) is 2.32. The van der Waals surface area contributed by atoms with E-state index in [4.69, 9.17) is 5.11 Å². The predicted molar refractivity (Wildman–Crippen MR) is 86.2 cm³/mol. The number of carbonyl (C=O) groups excluding carboxylic acids is 1. The minimum Gasteiger partial charge on any atom is -0.396 e. The highest BCUT2D eigenvalue weighted by atomic mass is 16.3. The molecule has 0 aliphatic heterocycles. The molecule has 22 heavy (non-hydrogen) atoms. The zero-order valence-electron chi connectivity index (χ0n) is 12.9. The van der Waals surface area contributed by atoms with Crippen LogP contribution in [0.3, 0.4) is 0 Å². The fourth-order valence-corrected chi connectivity index (χ4v) is 2.04. The first kappa shape index (κ1) is 16.0. The molecule has 6 heteroatoms. The molecule has 0 aliphatic carbocycles. The van der Waals surface area contributed by atoms with Crippen LogP contribution in [0.1, 0.15) is 18.9 Å². The summed E-state index contributed by atoms with van der Waals surface area (Å²) >= 11 is 0. The van der Waals surface area contributed by atoms with Crippen LogP contribution in [0.2, 0.25) is 0 Å². The molecule has 0 bridgehead atoms. The van der Waals surface area contributed by atoms with Crippen LogP contribution in [0.5, 0.6) is 0 Å². The summed E-state index contributed by atoms with van der Waals surface area (Å²) < 4.78 is 1.74. The van der Waals surface area contributed by atoms with E-state index in [0.29, 0.717) is 18.8 Å². The van der Waals surface area contributed by atoms with Gasteiger partial charge in [-0.05, 0) is 31.4 Å². The van der Waals surface area contributed by atoms with Gasteiger partial charge in [0.1, 0.15) is 0 Å². The highest BCUT2D eigenvalue weighted by Crippen LogP contribution is 2.15. The number of urea groups is 1. The fraction of sp³-hybridized carbons (Fsp3) is 0.375. The van der Waals surface area contributed by atoms with Gasteiger partial charge in [0.15, 0.2) is 5.82 Å². The summed E-state index contributed by atoms with van der Waals surface area (Å²) in [5, 5.41) is 18.8. The van der Waals surface area contributed by atoms with Gasteiger partial charge in [-0.25, -0.2) is 9.48 Å². The van der Waals surface area contributed by atoms with Crippen LogP contribution < -0.4 is 10.6 Å². The lowest BCUT2D eigenvalue weighted by Crippen LogP contribution is -2.32. The number of aliphatic hydroxyl groups excluding tert-OH is 1. The molecule has 1 heterocycles. The number of nitrogens with zero attached hydrogens (tertiary/aromatic N) is 2. The molecule has 0 radical (unpaired) electrons. The summed E-state index contributed by atoms with van der Waals surface area (Å²) in [4.78, 5) is 11.9. The van der Waals surface area contributed by atoms with Crippen molar-refractivity contribution < 1.29 is 9.90 Å². The summed E-state index contributed by atoms with van der Waals surface area (Å²) in [5.41, 5.74) is 1.83. The topological polar surface area (TPSA) is 79.2 Å². The van der Waals surface area contributed by atoms with Crippen LogP contribution in [0.15, 0.2) is 36.5 Å². The zero-order valence-corrected chi connectivity index (χ0v) is 12.9. The molecule has 0 fully saturated rings. The Morgan fingerprint density at radius 3 is 2.77 bits per heavy atom. The van der Waals surface area contributed by atoms with Crippen LogP contribution in [-0.4, -0.2) is 34.1 Å². The van der Waals surface area contributed by atoms with E-state index in [-0.39, 0.29) is 18.6 Å². The molecule has 1 aromatic heterocycles. The molecule has 1 aromatic carbocycles. The Labute approximate surface area is 130 Å². The standard InChI is InChI=1S/C16H22N4O2/c1-12(8-9-21)10-17-16(22)18-15-13(2)11-20(19-15)14-6-4-3-5-7-14/h3-7,11-12,21H,8-10H2,1-2H3,(H2,17,18,19,22). The third-order valence-corrected chi connectivity index (χ3v) is 3.38. The SMILES string of the molecule is Cc1cn(-c2ccccc2)nc1NC(=O)NCC(C)CCO. The number of aliphatic hydroxyl groups is 1. The molecule has 0 saturated carbocycles. The highest BCUT2D eigenvalue weighted by molar-refractivity contribution is 5.88. The van der Waals surface area contributed by atoms with E-state index >= 15 is 0 Å². The third kappa shape index (κ3) is 4.33. The smallest absolute Gasteiger partial charge is 0.320 e. The molecule has 3 N–H and O–H groups in total. The summed E-state index contributed by atoms with van der Waals surface area (Å²) in [7, 11) is 0. The van der Waals surface area contributed by atoms with Crippen molar-refractivity contribution in [1.29, 1.82) is 0 Å². The number of anilines is 1. The van der Waals surface area contributed by atoms with Crippen molar-refractivity contribution in [3.05, 3.63) is 42.1 Å². The van der Waals surface area contributed by atoms with Crippen molar-refractivity contribution in [1.82, 2.24) is 15.1 Å². The normalized spacial score (nSPS) is 12.0. The maximum absolute atomic E-state index is 11.9. The lowest BCUT2D eigenvalue weighted by Gasteiger charge is -2.11.